The average Bonchev–Trinajstić information content (AvgIpc) is 3.77. The summed E-state index contributed by atoms with van der Waals surface area (Å²) in [5, 5.41) is 8.03. The normalized spacial score (nSPS) is 18.2. The maximum absolute atomic E-state index is 7.14. The number of furan rings is 1. The molecule has 0 spiro atoms. The second kappa shape index (κ2) is 10.1. The standard InChI is InChI=1S/C44H34N4O/c1-44-25-9-8-17-34(44)33-26-27(45)21-23-37(33)48(44)39-20-11-18-35(46-2)40(39)32-16-10-15-29-30-22-24-38-41(43(30)49-42(29)32)31-14-6-7-19-36(31)47(38)28-12-4-3-5-13-28/h3-26,34,46H,45H2,1-2H3. The second-order valence-electron chi connectivity index (χ2n) is 13.4. The van der Waals surface area contributed by atoms with Crippen LogP contribution >= 0.6 is 0 Å². The number of allylic oxidation sites excluding steroid dienone is 2. The minimum Gasteiger partial charge on any atom is -0.455 e. The molecule has 0 amide bonds. The van der Waals surface area contributed by atoms with E-state index < -0.39 is 0 Å². The third-order valence-corrected chi connectivity index (χ3v) is 10.7. The summed E-state index contributed by atoms with van der Waals surface area (Å²) < 4.78 is 9.48. The SMILES string of the molecule is CNc1cccc(N2c3ccc(N)cc3C3C=CC=CC32C)c1-c1cccc2c1oc1c2ccc2c1c1ccccc1n2-c1ccccc1. The molecular formula is C44H34N4O. The molecule has 8 aromatic rings. The number of rotatable bonds is 4. The van der Waals surface area contributed by atoms with Crippen LogP contribution < -0.4 is 16.0 Å². The van der Waals surface area contributed by atoms with E-state index in [1.165, 1.54) is 16.6 Å². The lowest BCUT2D eigenvalue weighted by atomic mass is 9.80. The zero-order chi connectivity index (χ0) is 32.9. The molecule has 0 saturated heterocycles. The summed E-state index contributed by atoms with van der Waals surface area (Å²) in [6.07, 6.45) is 8.94. The van der Waals surface area contributed by atoms with Crippen molar-refractivity contribution in [3.8, 4) is 16.8 Å². The van der Waals surface area contributed by atoms with Gasteiger partial charge in [-0.25, -0.2) is 0 Å². The summed E-state index contributed by atoms with van der Waals surface area (Å²) >= 11 is 0. The third kappa shape index (κ3) is 3.75. The summed E-state index contributed by atoms with van der Waals surface area (Å²) in [6, 6.07) is 43.1. The number of benzene rings is 6. The van der Waals surface area contributed by atoms with Gasteiger partial charge in [0.05, 0.1) is 27.6 Å². The molecule has 0 fully saturated rings. The summed E-state index contributed by atoms with van der Waals surface area (Å²) in [4.78, 5) is 2.50. The van der Waals surface area contributed by atoms with Crippen LogP contribution in [0, 0.1) is 0 Å². The lowest BCUT2D eigenvalue weighted by Crippen LogP contribution is -2.42. The van der Waals surface area contributed by atoms with Gasteiger partial charge in [0.15, 0.2) is 0 Å². The Morgan fingerprint density at radius 3 is 2.39 bits per heavy atom. The molecule has 1 aliphatic carbocycles. The largest absolute Gasteiger partial charge is 0.455 e. The van der Waals surface area contributed by atoms with E-state index in [-0.39, 0.29) is 11.5 Å². The van der Waals surface area contributed by atoms with Crippen LogP contribution in [0.25, 0.3) is 60.6 Å². The van der Waals surface area contributed by atoms with Gasteiger partial charge in [-0.3, -0.25) is 0 Å². The quantitative estimate of drug-likeness (QED) is 0.189. The Hall–Kier alpha value is -6.20. The van der Waals surface area contributed by atoms with E-state index in [4.69, 9.17) is 10.2 Å². The van der Waals surface area contributed by atoms with Gasteiger partial charge in [0.2, 0.25) is 0 Å². The Morgan fingerprint density at radius 2 is 1.51 bits per heavy atom. The topological polar surface area (TPSA) is 59.4 Å². The molecule has 2 aromatic heterocycles. The fourth-order valence-corrected chi connectivity index (χ4v) is 8.61. The smallest absolute Gasteiger partial charge is 0.145 e. The van der Waals surface area contributed by atoms with Gasteiger partial charge in [0, 0.05) is 63.0 Å². The van der Waals surface area contributed by atoms with Crippen LogP contribution in [-0.2, 0) is 0 Å². The molecular weight excluding hydrogens is 601 g/mol. The van der Waals surface area contributed by atoms with Crippen LogP contribution in [-0.4, -0.2) is 17.2 Å². The third-order valence-electron chi connectivity index (χ3n) is 10.7. The van der Waals surface area contributed by atoms with Gasteiger partial charge in [-0.15, -0.1) is 0 Å². The molecule has 49 heavy (non-hydrogen) atoms. The Balaban J connectivity index is 1.27. The highest BCUT2D eigenvalue weighted by Crippen LogP contribution is 2.57. The molecule has 2 atom stereocenters. The number of nitrogen functional groups attached to an aromatic ring is 1. The van der Waals surface area contributed by atoms with E-state index in [2.05, 4.69) is 161 Å². The van der Waals surface area contributed by atoms with Gasteiger partial charge in [-0.2, -0.15) is 0 Å². The molecule has 236 valence electrons. The van der Waals surface area contributed by atoms with Crippen LogP contribution in [0.5, 0.6) is 0 Å². The first-order valence-corrected chi connectivity index (χ1v) is 16.9. The molecule has 5 nitrogen and oxygen atoms in total. The highest BCUT2D eigenvalue weighted by atomic mass is 16.3. The summed E-state index contributed by atoms with van der Waals surface area (Å²) in [7, 11) is 2.00. The highest BCUT2D eigenvalue weighted by molar-refractivity contribution is 6.25. The zero-order valence-electron chi connectivity index (χ0n) is 27.3. The molecule has 3 N–H and O–H groups in total. The first-order valence-electron chi connectivity index (χ1n) is 16.9. The number of para-hydroxylation sites is 3. The minimum atomic E-state index is -0.320. The fourth-order valence-electron chi connectivity index (χ4n) is 8.61. The number of nitrogens with two attached hydrogens (primary N) is 1. The van der Waals surface area contributed by atoms with E-state index >= 15 is 0 Å². The van der Waals surface area contributed by atoms with Crippen molar-refractivity contribution in [3.63, 3.8) is 0 Å². The number of aromatic nitrogens is 1. The molecule has 1 aliphatic heterocycles. The van der Waals surface area contributed by atoms with E-state index in [1.807, 2.05) is 13.1 Å². The van der Waals surface area contributed by atoms with Crippen LogP contribution in [0.2, 0.25) is 0 Å². The van der Waals surface area contributed by atoms with Crippen molar-refractivity contribution in [2.45, 2.75) is 18.4 Å². The van der Waals surface area contributed by atoms with Crippen LogP contribution in [0.1, 0.15) is 18.4 Å². The lowest BCUT2D eigenvalue weighted by Gasteiger charge is -2.40. The molecule has 2 unspecified atom stereocenters. The van der Waals surface area contributed by atoms with E-state index in [1.54, 1.807) is 0 Å². The molecule has 5 heteroatoms. The Labute approximate surface area is 284 Å². The van der Waals surface area contributed by atoms with Crippen molar-refractivity contribution >= 4 is 66.5 Å². The summed E-state index contributed by atoms with van der Waals surface area (Å²) in [6.45, 7) is 2.32. The Morgan fingerprint density at radius 1 is 0.714 bits per heavy atom. The van der Waals surface area contributed by atoms with Gasteiger partial charge < -0.3 is 24.9 Å². The minimum absolute atomic E-state index is 0.166. The first kappa shape index (κ1) is 27.9. The monoisotopic (exact) mass is 634 g/mol. The summed E-state index contributed by atoms with van der Waals surface area (Å²) in [5.74, 6) is 0.166. The van der Waals surface area contributed by atoms with Crippen molar-refractivity contribution in [1.82, 2.24) is 4.57 Å². The number of anilines is 4. The molecule has 0 saturated carbocycles. The fraction of sp³-hybridized carbons (Fsp3) is 0.0909. The predicted octanol–water partition coefficient (Wildman–Crippen LogP) is 11.1. The van der Waals surface area contributed by atoms with Crippen LogP contribution in [0.3, 0.4) is 0 Å². The van der Waals surface area contributed by atoms with Gasteiger partial charge in [0.25, 0.3) is 0 Å². The molecule has 0 radical (unpaired) electrons. The number of nitrogens with zero attached hydrogens (tertiary/aromatic N) is 2. The van der Waals surface area contributed by atoms with Gasteiger partial charge in [0.1, 0.15) is 11.2 Å². The highest BCUT2D eigenvalue weighted by Gasteiger charge is 2.47. The average molecular weight is 635 g/mol. The maximum atomic E-state index is 7.14. The maximum Gasteiger partial charge on any atom is 0.145 e. The number of fused-ring (bicyclic) bond motifs is 10. The first-order chi connectivity index (χ1) is 24.1. The molecule has 0 bridgehead atoms. The van der Waals surface area contributed by atoms with Crippen molar-refractivity contribution in [2.75, 3.05) is 23.0 Å². The van der Waals surface area contributed by atoms with Crippen molar-refractivity contribution in [1.29, 1.82) is 0 Å². The zero-order valence-corrected chi connectivity index (χ0v) is 27.3. The second-order valence-corrected chi connectivity index (χ2v) is 13.4. The lowest BCUT2D eigenvalue weighted by molar-refractivity contribution is 0.542. The van der Waals surface area contributed by atoms with E-state index in [0.29, 0.717) is 0 Å². The van der Waals surface area contributed by atoms with Crippen LogP contribution in [0.15, 0.2) is 150 Å². The van der Waals surface area contributed by atoms with E-state index in [0.717, 1.165) is 72.2 Å². The van der Waals surface area contributed by atoms with Gasteiger partial charge >= 0.3 is 0 Å². The van der Waals surface area contributed by atoms with E-state index in [9.17, 15) is 0 Å². The number of hydrogen-bond acceptors (Lipinski definition) is 4. The number of nitrogens with one attached hydrogen (secondary N) is 1. The molecule has 3 heterocycles. The Kier molecular flexibility index (Phi) is 5.77. The predicted molar refractivity (Wildman–Crippen MR) is 205 cm³/mol. The van der Waals surface area contributed by atoms with Crippen LogP contribution in [0.4, 0.5) is 22.7 Å². The molecule has 10 rings (SSSR count). The van der Waals surface area contributed by atoms with Gasteiger partial charge in [-0.1, -0.05) is 85.0 Å². The van der Waals surface area contributed by atoms with Gasteiger partial charge in [-0.05, 0) is 73.2 Å². The Bertz CT molecular complexity index is 2700. The van der Waals surface area contributed by atoms with Crippen molar-refractivity contribution in [2.24, 2.45) is 0 Å². The summed E-state index contributed by atoms with van der Waals surface area (Å²) in [5.41, 5.74) is 18.7. The molecule has 2 aliphatic rings. The van der Waals surface area contributed by atoms with Crippen molar-refractivity contribution in [3.05, 3.63) is 151 Å². The van der Waals surface area contributed by atoms with Crippen molar-refractivity contribution < 1.29 is 4.42 Å². The number of hydrogen-bond donors (Lipinski definition) is 2. The molecule has 6 aromatic carbocycles.